The standard InChI is InChI=1S/C20H15FN4O3S/c1-12-18(10-22-19(26)14-3-2-4-16(9-14)25(27)28)29-20-23-17(11-24(12)20)13-5-7-15(21)8-6-13/h2-9,11H,10H2,1H3,(H,22,26). The number of halogens is 1. The average molecular weight is 410 g/mol. The molecular weight excluding hydrogens is 395 g/mol. The summed E-state index contributed by atoms with van der Waals surface area (Å²) in [4.78, 5) is 28.9. The number of carbonyl (C=O) groups excluding carboxylic acids is 1. The Morgan fingerprint density at radius 3 is 2.72 bits per heavy atom. The highest BCUT2D eigenvalue weighted by Crippen LogP contribution is 2.27. The molecule has 9 heteroatoms. The van der Waals surface area contributed by atoms with Gasteiger partial charge in [0.2, 0.25) is 0 Å². The molecule has 0 radical (unpaired) electrons. The second kappa shape index (κ2) is 7.44. The molecule has 2 aromatic heterocycles. The first kappa shape index (κ1) is 18.8. The van der Waals surface area contributed by atoms with Crippen LogP contribution < -0.4 is 5.32 Å². The first-order valence-corrected chi connectivity index (χ1v) is 9.50. The lowest BCUT2D eigenvalue weighted by Crippen LogP contribution is -2.22. The Hall–Kier alpha value is -3.59. The minimum Gasteiger partial charge on any atom is -0.347 e. The lowest BCUT2D eigenvalue weighted by molar-refractivity contribution is -0.384. The van der Waals surface area contributed by atoms with Gasteiger partial charge in [0.1, 0.15) is 5.82 Å². The number of rotatable bonds is 5. The number of imidazole rings is 1. The van der Waals surface area contributed by atoms with Gasteiger partial charge in [0.15, 0.2) is 4.96 Å². The van der Waals surface area contributed by atoms with E-state index in [1.54, 1.807) is 12.1 Å². The Morgan fingerprint density at radius 2 is 2.03 bits per heavy atom. The zero-order valence-electron chi connectivity index (χ0n) is 15.3. The van der Waals surface area contributed by atoms with E-state index in [0.717, 1.165) is 26.8 Å². The molecule has 29 heavy (non-hydrogen) atoms. The van der Waals surface area contributed by atoms with Crippen LogP contribution in [0.25, 0.3) is 16.2 Å². The highest BCUT2D eigenvalue weighted by atomic mass is 32.1. The molecule has 0 atom stereocenters. The third kappa shape index (κ3) is 3.72. The summed E-state index contributed by atoms with van der Waals surface area (Å²) >= 11 is 1.44. The zero-order chi connectivity index (χ0) is 20.5. The number of fused-ring (bicyclic) bond motifs is 1. The number of nitro benzene ring substituents is 1. The number of nitrogens with one attached hydrogen (secondary N) is 1. The van der Waals surface area contributed by atoms with Gasteiger partial charge in [-0.3, -0.25) is 19.3 Å². The normalized spacial score (nSPS) is 11.0. The van der Waals surface area contributed by atoms with Crippen LogP contribution in [-0.2, 0) is 6.54 Å². The SMILES string of the molecule is Cc1c(CNC(=O)c2cccc([N+](=O)[O-])c2)sc2nc(-c3ccc(F)cc3)cn12. The molecule has 0 aliphatic heterocycles. The van der Waals surface area contributed by atoms with Crippen LogP contribution in [-0.4, -0.2) is 20.2 Å². The predicted octanol–water partition coefficient (Wildman–Crippen LogP) is 4.35. The largest absolute Gasteiger partial charge is 0.347 e. The van der Waals surface area contributed by atoms with Gasteiger partial charge in [-0.05, 0) is 37.3 Å². The molecule has 0 aliphatic carbocycles. The predicted molar refractivity (Wildman–Crippen MR) is 107 cm³/mol. The van der Waals surface area contributed by atoms with Gasteiger partial charge in [0, 0.05) is 40.0 Å². The van der Waals surface area contributed by atoms with Crippen molar-refractivity contribution in [2.45, 2.75) is 13.5 Å². The second-order valence-electron chi connectivity index (χ2n) is 6.39. The molecule has 0 saturated carbocycles. The summed E-state index contributed by atoms with van der Waals surface area (Å²) < 4.78 is 15.0. The smallest absolute Gasteiger partial charge is 0.270 e. The Bertz CT molecular complexity index is 1230. The van der Waals surface area contributed by atoms with E-state index in [1.807, 2.05) is 17.5 Å². The monoisotopic (exact) mass is 410 g/mol. The summed E-state index contributed by atoms with van der Waals surface area (Å²) in [6, 6.07) is 11.7. The number of amides is 1. The number of aromatic nitrogens is 2. The molecule has 0 spiro atoms. The van der Waals surface area contributed by atoms with Gasteiger partial charge in [-0.15, -0.1) is 0 Å². The maximum absolute atomic E-state index is 13.1. The highest BCUT2D eigenvalue weighted by molar-refractivity contribution is 7.17. The van der Waals surface area contributed by atoms with Crippen LogP contribution in [0.15, 0.2) is 54.7 Å². The number of hydrogen-bond acceptors (Lipinski definition) is 5. The Kier molecular flexibility index (Phi) is 4.81. The van der Waals surface area contributed by atoms with Crippen molar-refractivity contribution in [2.75, 3.05) is 0 Å². The molecule has 1 N–H and O–H groups in total. The first-order valence-electron chi connectivity index (χ1n) is 8.68. The number of nitro groups is 1. The van der Waals surface area contributed by atoms with E-state index < -0.39 is 4.92 Å². The van der Waals surface area contributed by atoms with Gasteiger partial charge in [0.05, 0.1) is 17.2 Å². The van der Waals surface area contributed by atoms with Crippen LogP contribution in [0.1, 0.15) is 20.9 Å². The molecule has 0 fully saturated rings. The highest BCUT2D eigenvalue weighted by Gasteiger charge is 2.15. The van der Waals surface area contributed by atoms with E-state index in [-0.39, 0.29) is 29.5 Å². The number of hydrogen-bond donors (Lipinski definition) is 1. The van der Waals surface area contributed by atoms with Crippen molar-refractivity contribution in [3.8, 4) is 11.3 Å². The third-order valence-corrected chi connectivity index (χ3v) is 5.68. The topological polar surface area (TPSA) is 89.5 Å². The number of thiazole rings is 1. The Morgan fingerprint density at radius 1 is 1.28 bits per heavy atom. The van der Waals surface area contributed by atoms with E-state index in [0.29, 0.717) is 0 Å². The fourth-order valence-corrected chi connectivity index (χ4v) is 3.98. The number of aryl methyl sites for hydroxylation is 1. The number of nitrogens with zero attached hydrogens (tertiary/aromatic N) is 3. The summed E-state index contributed by atoms with van der Waals surface area (Å²) in [6.45, 7) is 2.21. The van der Waals surface area contributed by atoms with Crippen molar-refractivity contribution < 1.29 is 14.1 Å². The van der Waals surface area contributed by atoms with Gasteiger partial charge < -0.3 is 5.32 Å². The van der Waals surface area contributed by atoms with Crippen LogP contribution in [0.2, 0.25) is 0 Å². The summed E-state index contributed by atoms with van der Waals surface area (Å²) in [7, 11) is 0. The van der Waals surface area contributed by atoms with Crippen LogP contribution in [0, 0.1) is 22.9 Å². The van der Waals surface area contributed by atoms with Crippen molar-refractivity contribution in [1.29, 1.82) is 0 Å². The summed E-state index contributed by atoms with van der Waals surface area (Å²) in [5.74, 6) is -0.682. The minimum absolute atomic E-state index is 0.128. The summed E-state index contributed by atoms with van der Waals surface area (Å²) in [5.41, 5.74) is 2.60. The van der Waals surface area contributed by atoms with Crippen LogP contribution in [0.4, 0.5) is 10.1 Å². The summed E-state index contributed by atoms with van der Waals surface area (Å²) in [6.07, 6.45) is 1.88. The molecule has 0 unspecified atom stereocenters. The van der Waals surface area contributed by atoms with E-state index >= 15 is 0 Å². The fourth-order valence-electron chi connectivity index (χ4n) is 2.94. The van der Waals surface area contributed by atoms with Gasteiger partial charge in [0.25, 0.3) is 11.6 Å². The van der Waals surface area contributed by atoms with E-state index in [1.165, 1.54) is 47.7 Å². The minimum atomic E-state index is -0.534. The number of benzene rings is 2. The van der Waals surface area contributed by atoms with Crippen molar-refractivity contribution in [3.63, 3.8) is 0 Å². The molecular formula is C20H15FN4O3S. The van der Waals surface area contributed by atoms with E-state index in [4.69, 9.17) is 0 Å². The third-order valence-electron chi connectivity index (χ3n) is 4.52. The molecule has 0 bridgehead atoms. The zero-order valence-corrected chi connectivity index (χ0v) is 16.1. The second-order valence-corrected chi connectivity index (χ2v) is 7.45. The van der Waals surface area contributed by atoms with Crippen molar-refractivity contribution >= 4 is 27.9 Å². The molecule has 0 aliphatic rings. The molecule has 4 aromatic rings. The van der Waals surface area contributed by atoms with Gasteiger partial charge in [-0.1, -0.05) is 17.4 Å². The van der Waals surface area contributed by atoms with E-state index in [9.17, 15) is 19.3 Å². The maximum atomic E-state index is 13.1. The molecule has 2 aromatic carbocycles. The van der Waals surface area contributed by atoms with Gasteiger partial charge in [-0.25, -0.2) is 9.37 Å². The molecule has 4 rings (SSSR count). The van der Waals surface area contributed by atoms with Gasteiger partial charge in [-0.2, -0.15) is 0 Å². The first-order chi connectivity index (χ1) is 13.9. The fraction of sp³-hybridized carbons (Fsp3) is 0.100. The maximum Gasteiger partial charge on any atom is 0.270 e. The lowest BCUT2D eigenvalue weighted by Gasteiger charge is -2.05. The number of non-ortho nitro benzene ring substituents is 1. The quantitative estimate of drug-likeness (QED) is 0.391. The van der Waals surface area contributed by atoms with Crippen LogP contribution in [0.5, 0.6) is 0 Å². The van der Waals surface area contributed by atoms with Crippen molar-refractivity contribution in [3.05, 3.63) is 86.8 Å². The molecule has 2 heterocycles. The van der Waals surface area contributed by atoms with Crippen molar-refractivity contribution in [1.82, 2.24) is 14.7 Å². The van der Waals surface area contributed by atoms with Crippen LogP contribution in [0.3, 0.4) is 0 Å². The molecule has 146 valence electrons. The van der Waals surface area contributed by atoms with E-state index in [2.05, 4.69) is 10.3 Å². The molecule has 0 saturated heterocycles. The average Bonchev–Trinajstić information content (AvgIpc) is 3.26. The van der Waals surface area contributed by atoms with Crippen LogP contribution >= 0.6 is 11.3 Å². The summed E-state index contributed by atoms with van der Waals surface area (Å²) in [5, 5.41) is 13.7. The Labute approximate surface area is 168 Å². The Balaban J connectivity index is 1.51. The lowest BCUT2D eigenvalue weighted by atomic mass is 10.2. The van der Waals surface area contributed by atoms with Gasteiger partial charge >= 0.3 is 0 Å². The van der Waals surface area contributed by atoms with Crippen molar-refractivity contribution in [2.24, 2.45) is 0 Å². The molecule has 1 amide bonds. The number of carbonyl (C=O) groups is 1. The molecule has 7 nitrogen and oxygen atoms in total.